The minimum atomic E-state index is -0.989. The lowest BCUT2D eigenvalue weighted by Gasteiger charge is -2.07. The van der Waals surface area contributed by atoms with Crippen molar-refractivity contribution >= 4 is 23.4 Å². The summed E-state index contributed by atoms with van der Waals surface area (Å²) >= 11 is 0. The minimum Gasteiger partial charge on any atom is -0.481 e. The third kappa shape index (κ3) is 4.88. The van der Waals surface area contributed by atoms with Crippen LogP contribution < -0.4 is 10.6 Å². The molecule has 108 valence electrons. The van der Waals surface area contributed by atoms with E-state index in [1.54, 1.807) is 0 Å². The summed E-state index contributed by atoms with van der Waals surface area (Å²) < 4.78 is 13.3. The third-order valence-electron chi connectivity index (χ3n) is 2.26. The van der Waals surface area contributed by atoms with E-state index in [1.807, 2.05) is 0 Å². The van der Waals surface area contributed by atoms with Crippen LogP contribution in [0.4, 0.5) is 20.6 Å². The molecule has 0 fully saturated rings. The number of carbonyl (C=O) groups excluding carboxylic acids is 1. The number of carbonyl (C=O) groups is 2. The average molecular weight is 285 g/mol. The molecule has 0 aliphatic carbocycles. The van der Waals surface area contributed by atoms with Gasteiger partial charge in [0.05, 0.1) is 10.6 Å². The topological polar surface area (TPSA) is 122 Å². The first-order valence-electron chi connectivity index (χ1n) is 5.60. The van der Waals surface area contributed by atoms with Gasteiger partial charge in [-0.15, -0.1) is 0 Å². The number of anilines is 1. The van der Waals surface area contributed by atoms with Gasteiger partial charge in [-0.1, -0.05) is 0 Å². The van der Waals surface area contributed by atoms with Crippen LogP contribution in [0.1, 0.15) is 12.8 Å². The number of benzene rings is 1. The number of carboxylic acids is 1. The first-order valence-corrected chi connectivity index (χ1v) is 5.60. The van der Waals surface area contributed by atoms with Gasteiger partial charge in [0.1, 0.15) is 5.82 Å². The maximum absolute atomic E-state index is 13.3. The van der Waals surface area contributed by atoms with Crippen molar-refractivity contribution in [2.75, 3.05) is 11.9 Å². The predicted octanol–water partition coefficient (Wildman–Crippen LogP) is 1.72. The van der Waals surface area contributed by atoms with E-state index >= 15 is 0 Å². The van der Waals surface area contributed by atoms with E-state index in [2.05, 4.69) is 10.6 Å². The second-order valence-corrected chi connectivity index (χ2v) is 3.80. The smallest absolute Gasteiger partial charge is 0.319 e. The Morgan fingerprint density at radius 2 is 2.10 bits per heavy atom. The van der Waals surface area contributed by atoms with Crippen LogP contribution in [0.5, 0.6) is 0 Å². The average Bonchev–Trinajstić information content (AvgIpc) is 2.37. The SMILES string of the molecule is O=C(O)CCCNC(=O)Nc1cc([N+](=O)[O-])ccc1F. The monoisotopic (exact) mass is 285 g/mol. The van der Waals surface area contributed by atoms with E-state index in [4.69, 9.17) is 5.11 Å². The van der Waals surface area contributed by atoms with Crippen molar-refractivity contribution in [3.05, 3.63) is 34.1 Å². The van der Waals surface area contributed by atoms with E-state index < -0.39 is 22.7 Å². The summed E-state index contributed by atoms with van der Waals surface area (Å²) in [4.78, 5) is 31.4. The number of hydrogen-bond acceptors (Lipinski definition) is 4. The lowest BCUT2D eigenvalue weighted by Crippen LogP contribution is -2.30. The number of nitro benzene ring substituents is 1. The summed E-state index contributed by atoms with van der Waals surface area (Å²) in [7, 11) is 0. The van der Waals surface area contributed by atoms with Gasteiger partial charge in [0.25, 0.3) is 5.69 Å². The van der Waals surface area contributed by atoms with Crippen LogP contribution in [-0.4, -0.2) is 28.6 Å². The van der Waals surface area contributed by atoms with Gasteiger partial charge in [-0.2, -0.15) is 0 Å². The normalized spacial score (nSPS) is 9.85. The molecule has 0 unspecified atom stereocenters. The summed E-state index contributed by atoms with van der Waals surface area (Å²) in [5.74, 6) is -1.80. The molecule has 0 saturated heterocycles. The van der Waals surface area contributed by atoms with Crippen molar-refractivity contribution in [1.29, 1.82) is 0 Å². The fraction of sp³-hybridized carbons (Fsp3) is 0.273. The molecular weight excluding hydrogens is 273 g/mol. The zero-order valence-corrected chi connectivity index (χ0v) is 10.3. The van der Waals surface area contributed by atoms with Crippen LogP contribution >= 0.6 is 0 Å². The van der Waals surface area contributed by atoms with E-state index in [1.165, 1.54) is 0 Å². The number of amides is 2. The molecule has 0 aliphatic heterocycles. The van der Waals surface area contributed by atoms with Gasteiger partial charge in [-0.25, -0.2) is 9.18 Å². The lowest BCUT2D eigenvalue weighted by atomic mass is 10.2. The number of carboxylic acid groups (broad SMARTS) is 1. The first kappa shape index (κ1) is 15.3. The standard InChI is InChI=1S/C11H12FN3O5/c12-8-4-3-7(15(19)20)6-9(8)14-11(18)13-5-1-2-10(16)17/h3-4,6H,1-2,5H2,(H,16,17)(H2,13,14,18). The maximum atomic E-state index is 13.3. The molecule has 2 amide bonds. The van der Waals surface area contributed by atoms with E-state index in [0.29, 0.717) is 0 Å². The Hall–Kier alpha value is -2.71. The highest BCUT2D eigenvalue weighted by Gasteiger charge is 2.12. The minimum absolute atomic E-state index is 0.0919. The van der Waals surface area contributed by atoms with Crippen molar-refractivity contribution in [2.45, 2.75) is 12.8 Å². The van der Waals surface area contributed by atoms with Crippen molar-refractivity contribution < 1.29 is 24.0 Å². The number of non-ortho nitro benzene ring substituents is 1. The fourth-order valence-corrected chi connectivity index (χ4v) is 1.33. The van der Waals surface area contributed by atoms with Gasteiger partial charge < -0.3 is 15.7 Å². The van der Waals surface area contributed by atoms with Crippen LogP contribution in [-0.2, 0) is 4.79 Å². The van der Waals surface area contributed by atoms with Gasteiger partial charge in [-0.3, -0.25) is 14.9 Å². The number of urea groups is 1. The summed E-state index contributed by atoms with van der Waals surface area (Å²) in [5, 5.41) is 23.3. The fourth-order valence-electron chi connectivity index (χ4n) is 1.33. The Morgan fingerprint density at radius 1 is 1.40 bits per heavy atom. The molecule has 0 atom stereocenters. The zero-order valence-electron chi connectivity index (χ0n) is 10.3. The molecule has 3 N–H and O–H groups in total. The molecule has 0 radical (unpaired) electrons. The number of halogens is 1. The molecule has 9 heteroatoms. The predicted molar refractivity (Wildman–Crippen MR) is 66.9 cm³/mol. The first-order chi connectivity index (χ1) is 9.40. The van der Waals surface area contributed by atoms with E-state index in [-0.39, 0.29) is 30.8 Å². The second kappa shape index (κ2) is 7.02. The van der Waals surface area contributed by atoms with Gasteiger partial charge in [0, 0.05) is 25.1 Å². The molecule has 0 spiro atoms. The Kier molecular flexibility index (Phi) is 5.39. The molecule has 20 heavy (non-hydrogen) atoms. The largest absolute Gasteiger partial charge is 0.481 e. The van der Waals surface area contributed by atoms with Crippen LogP contribution in [0.25, 0.3) is 0 Å². The Bertz CT molecular complexity index is 535. The van der Waals surface area contributed by atoms with E-state index in [9.17, 15) is 24.1 Å². The van der Waals surface area contributed by atoms with Gasteiger partial charge in [0.2, 0.25) is 0 Å². The molecular formula is C11H12FN3O5. The molecule has 0 heterocycles. The highest BCUT2D eigenvalue weighted by atomic mass is 19.1. The third-order valence-corrected chi connectivity index (χ3v) is 2.26. The van der Waals surface area contributed by atoms with Crippen molar-refractivity contribution in [3.8, 4) is 0 Å². The maximum Gasteiger partial charge on any atom is 0.319 e. The Morgan fingerprint density at radius 3 is 2.70 bits per heavy atom. The van der Waals surface area contributed by atoms with Crippen molar-refractivity contribution in [1.82, 2.24) is 5.32 Å². The number of nitrogens with one attached hydrogen (secondary N) is 2. The van der Waals surface area contributed by atoms with Crippen LogP contribution in [0.3, 0.4) is 0 Å². The summed E-state index contributed by atoms with van der Waals surface area (Å²) in [6.07, 6.45) is 0.117. The number of hydrogen-bond donors (Lipinski definition) is 3. The molecule has 0 aromatic heterocycles. The Labute approximate surface area is 112 Å². The van der Waals surface area contributed by atoms with Crippen LogP contribution in [0.2, 0.25) is 0 Å². The van der Waals surface area contributed by atoms with Crippen molar-refractivity contribution in [2.24, 2.45) is 0 Å². The molecule has 1 aromatic carbocycles. The lowest BCUT2D eigenvalue weighted by molar-refractivity contribution is -0.384. The van der Waals surface area contributed by atoms with Gasteiger partial charge in [-0.05, 0) is 12.5 Å². The summed E-state index contributed by atoms with van der Waals surface area (Å²) in [6, 6.07) is 1.98. The van der Waals surface area contributed by atoms with Gasteiger partial charge >= 0.3 is 12.0 Å². The summed E-state index contributed by atoms with van der Waals surface area (Å²) in [5.41, 5.74) is -0.678. The number of nitrogens with zero attached hydrogens (tertiary/aromatic N) is 1. The molecule has 0 aliphatic rings. The van der Waals surface area contributed by atoms with Crippen molar-refractivity contribution in [3.63, 3.8) is 0 Å². The molecule has 0 saturated carbocycles. The summed E-state index contributed by atoms with van der Waals surface area (Å²) in [6.45, 7) is 0.0919. The highest BCUT2D eigenvalue weighted by Crippen LogP contribution is 2.20. The second-order valence-electron chi connectivity index (χ2n) is 3.80. The van der Waals surface area contributed by atoms with Gasteiger partial charge in [0.15, 0.2) is 0 Å². The number of aliphatic carboxylic acids is 1. The molecule has 1 rings (SSSR count). The molecule has 8 nitrogen and oxygen atoms in total. The number of nitro groups is 1. The van der Waals surface area contributed by atoms with Crippen LogP contribution in [0.15, 0.2) is 18.2 Å². The van der Waals surface area contributed by atoms with E-state index in [0.717, 1.165) is 18.2 Å². The molecule has 1 aromatic rings. The molecule has 0 bridgehead atoms. The Balaban J connectivity index is 2.55. The van der Waals surface area contributed by atoms with Crippen LogP contribution in [0, 0.1) is 15.9 Å². The quantitative estimate of drug-likeness (QED) is 0.417. The highest BCUT2D eigenvalue weighted by molar-refractivity contribution is 5.89. The zero-order chi connectivity index (χ0) is 15.1. The number of rotatable bonds is 6.